The van der Waals surface area contributed by atoms with Crippen LogP contribution in [0.2, 0.25) is 0 Å². The molecule has 0 saturated heterocycles. The molecule has 108 valence electrons. The van der Waals surface area contributed by atoms with E-state index in [-0.39, 0.29) is 0 Å². The molecule has 0 unspecified atom stereocenters. The Hall–Kier alpha value is -2.27. The lowest BCUT2D eigenvalue weighted by atomic mass is 10.2. The zero-order chi connectivity index (χ0) is 14.8. The second-order valence-corrected chi connectivity index (χ2v) is 4.97. The normalized spacial score (nSPS) is 10.8. The number of nitrogens with zero attached hydrogens (tertiary/aromatic N) is 1. The maximum Gasteiger partial charge on any atom is 0.182 e. The van der Waals surface area contributed by atoms with Gasteiger partial charge in [-0.15, -0.1) is 0 Å². The van der Waals surface area contributed by atoms with E-state index < -0.39 is 0 Å². The van der Waals surface area contributed by atoms with Crippen LogP contribution in [0.15, 0.2) is 42.5 Å². The minimum absolute atomic E-state index is 0.635. The molecule has 0 aliphatic carbocycles. The Morgan fingerprint density at radius 3 is 2.76 bits per heavy atom. The van der Waals surface area contributed by atoms with E-state index in [2.05, 4.69) is 4.98 Å². The van der Waals surface area contributed by atoms with Gasteiger partial charge in [0.15, 0.2) is 4.77 Å². The van der Waals surface area contributed by atoms with Crippen molar-refractivity contribution in [2.24, 2.45) is 0 Å². The average molecular weight is 300 g/mol. The number of aromatic amines is 1. The van der Waals surface area contributed by atoms with Crippen molar-refractivity contribution in [3.05, 3.63) is 47.2 Å². The quantitative estimate of drug-likeness (QED) is 0.737. The molecule has 0 spiro atoms. The predicted octanol–water partition coefficient (Wildman–Crippen LogP) is 4.10. The van der Waals surface area contributed by atoms with E-state index >= 15 is 0 Å². The van der Waals surface area contributed by atoms with Crippen molar-refractivity contribution in [2.45, 2.75) is 6.92 Å². The van der Waals surface area contributed by atoms with Gasteiger partial charge < -0.3 is 14.5 Å². The summed E-state index contributed by atoms with van der Waals surface area (Å²) in [6.07, 6.45) is 0. The molecule has 0 saturated carbocycles. The largest absolute Gasteiger partial charge is 0.497 e. The van der Waals surface area contributed by atoms with E-state index in [0.717, 1.165) is 28.2 Å². The second kappa shape index (κ2) is 5.61. The Kier molecular flexibility index (Phi) is 3.66. The molecule has 0 radical (unpaired) electrons. The fraction of sp³-hybridized carbons (Fsp3) is 0.188. The number of H-pyrrole nitrogens is 1. The number of aromatic nitrogens is 2. The molecule has 0 amide bonds. The van der Waals surface area contributed by atoms with Crippen molar-refractivity contribution < 1.29 is 9.47 Å². The Morgan fingerprint density at radius 2 is 2.00 bits per heavy atom. The van der Waals surface area contributed by atoms with Crippen molar-refractivity contribution in [2.75, 3.05) is 13.7 Å². The van der Waals surface area contributed by atoms with E-state index in [1.54, 1.807) is 7.11 Å². The lowest BCUT2D eigenvalue weighted by Crippen LogP contribution is -1.96. The molecular formula is C16H16N2O2S. The number of hydrogen-bond acceptors (Lipinski definition) is 3. The van der Waals surface area contributed by atoms with Crippen LogP contribution in [0.5, 0.6) is 11.5 Å². The molecule has 1 aromatic heterocycles. The van der Waals surface area contributed by atoms with Crippen LogP contribution in [0.4, 0.5) is 0 Å². The fourth-order valence-corrected chi connectivity index (χ4v) is 2.66. The van der Waals surface area contributed by atoms with Crippen LogP contribution < -0.4 is 9.47 Å². The minimum atomic E-state index is 0.635. The lowest BCUT2D eigenvalue weighted by Gasteiger charge is -2.08. The lowest BCUT2D eigenvalue weighted by molar-refractivity contribution is 0.340. The van der Waals surface area contributed by atoms with Gasteiger partial charge in [0.05, 0.1) is 30.4 Å². The summed E-state index contributed by atoms with van der Waals surface area (Å²) in [5, 5.41) is 0. The number of methoxy groups -OCH3 is 1. The molecule has 1 N–H and O–H groups in total. The van der Waals surface area contributed by atoms with Gasteiger partial charge in [-0.2, -0.15) is 0 Å². The zero-order valence-corrected chi connectivity index (χ0v) is 12.7. The summed E-state index contributed by atoms with van der Waals surface area (Å²) < 4.78 is 13.5. The standard InChI is InChI=1S/C16H16N2O2S/c1-3-20-13-6-4-5-11(9-13)18-15-10-12(19-2)7-8-14(15)17-16(18)21/h4-10H,3H2,1-2H3,(H,17,21). The molecular weight excluding hydrogens is 284 g/mol. The topological polar surface area (TPSA) is 39.2 Å². The van der Waals surface area contributed by atoms with Gasteiger partial charge in [-0.1, -0.05) is 6.07 Å². The van der Waals surface area contributed by atoms with Gasteiger partial charge in [0.2, 0.25) is 0 Å². The van der Waals surface area contributed by atoms with E-state index in [1.807, 2.05) is 54.0 Å². The number of ether oxygens (including phenoxy) is 2. The molecule has 21 heavy (non-hydrogen) atoms. The zero-order valence-electron chi connectivity index (χ0n) is 11.9. The summed E-state index contributed by atoms with van der Waals surface area (Å²) in [6, 6.07) is 13.7. The van der Waals surface area contributed by atoms with E-state index in [0.29, 0.717) is 11.4 Å². The van der Waals surface area contributed by atoms with Crippen LogP contribution in [0.3, 0.4) is 0 Å². The van der Waals surface area contributed by atoms with Crippen LogP contribution in [0.1, 0.15) is 6.92 Å². The van der Waals surface area contributed by atoms with Gasteiger partial charge in [-0.05, 0) is 43.4 Å². The van der Waals surface area contributed by atoms with E-state index in [1.165, 1.54) is 0 Å². The number of fused-ring (bicyclic) bond motifs is 1. The maximum absolute atomic E-state index is 5.56. The molecule has 0 fully saturated rings. The molecule has 3 aromatic rings. The molecule has 0 aliphatic rings. The number of imidazole rings is 1. The monoisotopic (exact) mass is 300 g/mol. The third-order valence-corrected chi connectivity index (χ3v) is 3.56. The van der Waals surface area contributed by atoms with Gasteiger partial charge in [-0.25, -0.2) is 0 Å². The molecule has 2 aromatic carbocycles. The Balaban J connectivity index is 2.21. The first-order valence-electron chi connectivity index (χ1n) is 6.75. The smallest absolute Gasteiger partial charge is 0.182 e. The number of rotatable bonds is 4. The van der Waals surface area contributed by atoms with Gasteiger partial charge in [0.25, 0.3) is 0 Å². The van der Waals surface area contributed by atoms with Crippen LogP contribution in [-0.4, -0.2) is 23.3 Å². The van der Waals surface area contributed by atoms with Crippen LogP contribution in [0.25, 0.3) is 16.7 Å². The summed E-state index contributed by atoms with van der Waals surface area (Å²) in [6.45, 7) is 2.60. The number of benzene rings is 2. The Labute approximate surface area is 127 Å². The van der Waals surface area contributed by atoms with Crippen molar-refractivity contribution in [1.82, 2.24) is 9.55 Å². The highest BCUT2D eigenvalue weighted by molar-refractivity contribution is 7.71. The minimum Gasteiger partial charge on any atom is -0.497 e. The molecule has 0 bridgehead atoms. The molecule has 0 atom stereocenters. The molecule has 5 heteroatoms. The summed E-state index contributed by atoms with van der Waals surface area (Å²) >= 11 is 5.45. The molecule has 4 nitrogen and oxygen atoms in total. The Bertz CT molecular complexity index is 836. The van der Waals surface area contributed by atoms with Crippen LogP contribution >= 0.6 is 12.2 Å². The SMILES string of the molecule is CCOc1cccc(-n2c(=S)[nH]c3ccc(OC)cc32)c1. The summed E-state index contributed by atoms with van der Waals surface area (Å²) in [5.41, 5.74) is 2.92. The van der Waals surface area contributed by atoms with Gasteiger partial charge >= 0.3 is 0 Å². The summed E-state index contributed by atoms with van der Waals surface area (Å²) in [5.74, 6) is 1.63. The number of hydrogen-bond donors (Lipinski definition) is 1. The maximum atomic E-state index is 5.56. The second-order valence-electron chi connectivity index (χ2n) is 4.58. The highest BCUT2D eigenvalue weighted by atomic mass is 32.1. The van der Waals surface area contributed by atoms with E-state index in [4.69, 9.17) is 21.7 Å². The summed E-state index contributed by atoms with van der Waals surface area (Å²) in [4.78, 5) is 3.21. The van der Waals surface area contributed by atoms with Crippen molar-refractivity contribution in [3.63, 3.8) is 0 Å². The highest BCUT2D eigenvalue weighted by Crippen LogP contribution is 2.25. The van der Waals surface area contributed by atoms with Gasteiger partial charge in [-0.3, -0.25) is 4.57 Å². The Morgan fingerprint density at radius 1 is 1.14 bits per heavy atom. The summed E-state index contributed by atoms with van der Waals surface area (Å²) in [7, 11) is 1.66. The van der Waals surface area contributed by atoms with Crippen LogP contribution in [-0.2, 0) is 0 Å². The first-order chi connectivity index (χ1) is 10.2. The van der Waals surface area contributed by atoms with Crippen molar-refractivity contribution >= 4 is 23.3 Å². The van der Waals surface area contributed by atoms with E-state index in [9.17, 15) is 0 Å². The third-order valence-electron chi connectivity index (χ3n) is 3.28. The molecule has 0 aliphatic heterocycles. The van der Waals surface area contributed by atoms with Gasteiger partial charge in [0, 0.05) is 12.1 Å². The van der Waals surface area contributed by atoms with Crippen LogP contribution in [0, 0.1) is 4.77 Å². The fourth-order valence-electron chi connectivity index (χ4n) is 2.35. The first-order valence-corrected chi connectivity index (χ1v) is 7.15. The predicted molar refractivity (Wildman–Crippen MR) is 86.2 cm³/mol. The van der Waals surface area contributed by atoms with Crippen molar-refractivity contribution in [3.8, 4) is 17.2 Å². The van der Waals surface area contributed by atoms with Gasteiger partial charge in [0.1, 0.15) is 11.5 Å². The third kappa shape index (κ3) is 2.52. The molecule has 3 rings (SSSR count). The first kappa shape index (κ1) is 13.7. The number of nitrogens with one attached hydrogen (secondary N) is 1. The molecule has 1 heterocycles. The highest BCUT2D eigenvalue weighted by Gasteiger charge is 2.08. The average Bonchev–Trinajstić information content (AvgIpc) is 2.82. The van der Waals surface area contributed by atoms with Crippen molar-refractivity contribution in [1.29, 1.82) is 0 Å².